The molecular formula is C18H24O2. The first kappa shape index (κ1) is 12.7. The van der Waals surface area contributed by atoms with Gasteiger partial charge in [-0.3, -0.25) is 0 Å². The molecule has 0 radical (unpaired) electrons. The Kier molecular flexibility index (Phi) is 2.85. The van der Waals surface area contributed by atoms with Crippen LogP contribution in [0.4, 0.5) is 0 Å². The standard InChI is InChI=1S/C18H24O2/c1-20-17-4-2-3-15(10-17)18(19)11-14-6-12-5-13(7-14)9-16(18)8-12/h2-4,10,12-14,16,19H,5-9,11H2,1H3/t12-,13+,14?,16?,18?. The summed E-state index contributed by atoms with van der Waals surface area (Å²) in [5.74, 6) is 3.78. The summed E-state index contributed by atoms with van der Waals surface area (Å²) in [4.78, 5) is 0. The van der Waals surface area contributed by atoms with Crippen molar-refractivity contribution in [3.8, 4) is 5.75 Å². The number of rotatable bonds is 2. The predicted molar refractivity (Wildman–Crippen MR) is 78.6 cm³/mol. The van der Waals surface area contributed by atoms with Gasteiger partial charge in [-0.2, -0.15) is 0 Å². The second kappa shape index (κ2) is 4.49. The Labute approximate surface area is 121 Å². The highest BCUT2D eigenvalue weighted by Crippen LogP contribution is 2.57. The van der Waals surface area contributed by atoms with E-state index in [2.05, 4.69) is 6.07 Å². The molecule has 3 unspecified atom stereocenters. The molecule has 0 amide bonds. The van der Waals surface area contributed by atoms with Crippen molar-refractivity contribution in [1.82, 2.24) is 0 Å². The Bertz CT molecular complexity index is 498. The van der Waals surface area contributed by atoms with Gasteiger partial charge in [0.25, 0.3) is 0 Å². The van der Waals surface area contributed by atoms with Gasteiger partial charge in [-0.1, -0.05) is 12.1 Å². The van der Waals surface area contributed by atoms with Crippen LogP contribution >= 0.6 is 0 Å². The van der Waals surface area contributed by atoms with Crippen LogP contribution in [0.2, 0.25) is 0 Å². The largest absolute Gasteiger partial charge is 0.497 e. The summed E-state index contributed by atoms with van der Waals surface area (Å²) in [5, 5.41) is 11.5. The summed E-state index contributed by atoms with van der Waals surface area (Å²) in [6, 6.07) is 8.12. The quantitative estimate of drug-likeness (QED) is 0.889. The Morgan fingerprint density at radius 3 is 2.45 bits per heavy atom. The smallest absolute Gasteiger partial charge is 0.119 e. The topological polar surface area (TPSA) is 29.5 Å². The molecule has 0 saturated heterocycles. The van der Waals surface area contributed by atoms with Gasteiger partial charge in [0, 0.05) is 0 Å². The number of hydrogen-bond acceptors (Lipinski definition) is 2. The molecule has 4 fully saturated rings. The lowest BCUT2D eigenvalue weighted by molar-refractivity contribution is -0.0449. The van der Waals surface area contributed by atoms with Crippen LogP contribution in [0.1, 0.15) is 44.1 Å². The van der Waals surface area contributed by atoms with E-state index in [4.69, 9.17) is 4.74 Å². The molecule has 1 aromatic rings. The van der Waals surface area contributed by atoms with Crippen molar-refractivity contribution in [2.45, 2.75) is 44.1 Å². The Morgan fingerprint density at radius 2 is 1.75 bits per heavy atom. The second-order valence-corrected chi connectivity index (χ2v) is 7.33. The summed E-state index contributed by atoms with van der Waals surface area (Å²) in [6.07, 6.45) is 7.51. The zero-order valence-corrected chi connectivity index (χ0v) is 12.2. The second-order valence-electron chi connectivity index (χ2n) is 7.33. The molecule has 4 aliphatic carbocycles. The van der Waals surface area contributed by atoms with Crippen LogP contribution < -0.4 is 4.74 Å². The highest BCUT2D eigenvalue weighted by atomic mass is 16.5. The van der Waals surface area contributed by atoms with E-state index >= 15 is 0 Å². The first-order valence-corrected chi connectivity index (χ1v) is 8.04. The minimum Gasteiger partial charge on any atom is -0.497 e. The summed E-state index contributed by atoms with van der Waals surface area (Å²) in [7, 11) is 1.70. The fourth-order valence-electron chi connectivity index (χ4n) is 5.40. The molecule has 0 spiro atoms. The van der Waals surface area contributed by atoms with Gasteiger partial charge in [0.05, 0.1) is 12.7 Å². The maximum absolute atomic E-state index is 11.5. The Balaban J connectivity index is 1.75. The minimum absolute atomic E-state index is 0.450. The van der Waals surface area contributed by atoms with E-state index in [1.807, 2.05) is 18.2 Å². The normalized spacial score (nSPS) is 42.5. The molecule has 0 aliphatic heterocycles. The summed E-state index contributed by atoms with van der Waals surface area (Å²) in [6.45, 7) is 0. The van der Waals surface area contributed by atoms with Gasteiger partial charge in [0.1, 0.15) is 5.75 Å². The average Bonchev–Trinajstić information content (AvgIpc) is 2.61. The van der Waals surface area contributed by atoms with Gasteiger partial charge in [0.15, 0.2) is 0 Å². The van der Waals surface area contributed by atoms with E-state index in [9.17, 15) is 5.11 Å². The van der Waals surface area contributed by atoms with Crippen LogP contribution in [0.25, 0.3) is 0 Å². The average molecular weight is 272 g/mol. The van der Waals surface area contributed by atoms with E-state index in [0.717, 1.165) is 35.5 Å². The number of fused-ring (bicyclic) bond motifs is 1. The van der Waals surface area contributed by atoms with Gasteiger partial charge in [-0.05, 0) is 79.9 Å². The van der Waals surface area contributed by atoms with Crippen molar-refractivity contribution in [2.24, 2.45) is 23.7 Å². The lowest BCUT2D eigenvalue weighted by atomic mass is 9.66. The Morgan fingerprint density at radius 1 is 1.05 bits per heavy atom. The molecule has 4 bridgehead atoms. The van der Waals surface area contributed by atoms with Crippen molar-refractivity contribution in [3.63, 3.8) is 0 Å². The summed E-state index contributed by atoms with van der Waals surface area (Å²) in [5.41, 5.74) is 0.457. The van der Waals surface area contributed by atoms with Crippen LogP contribution in [0.5, 0.6) is 5.75 Å². The van der Waals surface area contributed by atoms with Crippen LogP contribution in [-0.4, -0.2) is 12.2 Å². The van der Waals surface area contributed by atoms with Crippen molar-refractivity contribution < 1.29 is 9.84 Å². The minimum atomic E-state index is -0.622. The molecule has 2 heteroatoms. The van der Waals surface area contributed by atoms with Gasteiger partial charge in [0.2, 0.25) is 0 Å². The van der Waals surface area contributed by atoms with Crippen molar-refractivity contribution in [3.05, 3.63) is 29.8 Å². The third-order valence-electron chi connectivity index (χ3n) is 6.08. The van der Waals surface area contributed by atoms with Crippen LogP contribution in [-0.2, 0) is 5.60 Å². The van der Waals surface area contributed by atoms with Gasteiger partial charge < -0.3 is 9.84 Å². The van der Waals surface area contributed by atoms with Crippen molar-refractivity contribution in [2.75, 3.05) is 7.11 Å². The summed E-state index contributed by atoms with van der Waals surface area (Å²) >= 11 is 0. The van der Waals surface area contributed by atoms with E-state index in [-0.39, 0.29) is 0 Å². The molecule has 1 aromatic carbocycles. The predicted octanol–water partition coefficient (Wildman–Crippen LogP) is 3.73. The number of methoxy groups -OCH3 is 1. The number of hydrogen-bond donors (Lipinski definition) is 1. The van der Waals surface area contributed by atoms with Gasteiger partial charge >= 0.3 is 0 Å². The maximum atomic E-state index is 11.5. The molecule has 4 saturated carbocycles. The number of aliphatic hydroxyl groups is 1. The molecule has 4 aliphatic rings. The molecule has 0 heterocycles. The molecule has 5 atom stereocenters. The molecule has 0 aromatic heterocycles. The fourth-order valence-corrected chi connectivity index (χ4v) is 5.40. The first-order valence-electron chi connectivity index (χ1n) is 8.04. The molecule has 108 valence electrons. The summed E-state index contributed by atoms with van der Waals surface area (Å²) < 4.78 is 5.35. The zero-order chi connectivity index (χ0) is 13.7. The van der Waals surface area contributed by atoms with Crippen molar-refractivity contribution in [1.29, 1.82) is 0 Å². The van der Waals surface area contributed by atoms with E-state index in [1.54, 1.807) is 7.11 Å². The number of ether oxygens (including phenoxy) is 1. The number of benzene rings is 1. The first-order chi connectivity index (χ1) is 9.67. The zero-order valence-electron chi connectivity index (χ0n) is 12.2. The van der Waals surface area contributed by atoms with Crippen LogP contribution in [0, 0.1) is 23.7 Å². The molecule has 20 heavy (non-hydrogen) atoms. The van der Waals surface area contributed by atoms with Gasteiger partial charge in [-0.25, -0.2) is 0 Å². The third kappa shape index (κ3) is 1.88. The molecule has 1 N–H and O–H groups in total. The SMILES string of the molecule is COc1cccc(C2(O)CC3C[C@@H]4CC2C[C@H](C3)C4)c1. The highest BCUT2D eigenvalue weighted by molar-refractivity contribution is 5.33. The molecular weight excluding hydrogens is 248 g/mol. The van der Waals surface area contributed by atoms with E-state index < -0.39 is 5.60 Å². The van der Waals surface area contributed by atoms with E-state index in [1.165, 1.54) is 32.1 Å². The lowest BCUT2D eigenvalue weighted by Crippen LogP contribution is -2.37. The molecule has 5 rings (SSSR count). The van der Waals surface area contributed by atoms with Crippen molar-refractivity contribution >= 4 is 0 Å². The maximum Gasteiger partial charge on any atom is 0.119 e. The molecule has 2 nitrogen and oxygen atoms in total. The van der Waals surface area contributed by atoms with Gasteiger partial charge in [-0.15, -0.1) is 0 Å². The van der Waals surface area contributed by atoms with E-state index in [0.29, 0.717) is 5.92 Å². The Hall–Kier alpha value is -1.02. The monoisotopic (exact) mass is 272 g/mol. The highest BCUT2D eigenvalue weighted by Gasteiger charge is 2.51. The van der Waals surface area contributed by atoms with Crippen LogP contribution in [0.3, 0.4) is 0 Å². The fraction of sp³-hybridized carbons (Fsp3) is 0.667. The van der Waals surface area contributed by atoms with Crippen LogP contribution in [0.15, 0.2) is 24.3 Å². The lowest BCUT2D eigenvalue weighted by Gasteiger charge is -2.41. The third-order valence-corrected chi connectivity index (χ3v) is 6.08.